The average Bonchev–Trinajstić information content (AvgIpc) is 2.55. The highest BCUT2D eigenvalue weighted by Gasteiger charge is 2.25. The Balaban J connectivity index is 2.05. The lowest BCUT2D eigenvalue weighted by Crippen LogP contribution is -2.43. The Labute approximate surface area is 142 Å². The Bertz CT molecular complexity index is 695. The maximum Gasteiger partial charge on any atom is 0.243 e. The molecule has 1 heterocycles. The van der Waals surface area contributed by atoms with Crippen molar-refractivity contribution in [3.63, 3.8) is 0 Å². The number of carbonyl (C=O) groups excluding carboxylic acids is 2. The molecule has 0 saturated carbocycles. The van der Waals surface area contributed by atoms with Crippen molar-refractivity contribution < 1.29 is 18.0 Å². The van der Waals surface area contributed by atoms with E-state index in [0.717, 1.165) is 23.6 Å². The maximum atomic E-state index is 12.6. The van der Waals surface area contributed by atoms with Crippen LogP contribution >= 0.6 is 0 Å². The van der Waals surface area contributed by atoms with Crippen LogP contribution in [0, 0.1) is 0 Å². The van der Waals surface area contributed by atoms with Gasteiger partial charge in [0, 0.05) is 32.7 Å². The molecule has 1 N–H and O–H groups in total. The molecule has 0 aromatic heterocycles. The Hall–Kier alpha value is -1.93. The van der Waals surface area contributed by atoms with Gasteiger partial charge >= 0.3 is 0 Å². The SMILES string of the molecule is CC(=O)Nc1ccc(S(=O)(=O)N(C)CC(=O)N2CCCCC2)cc1. The van der Waals surface area contributed by atoms with Gasteiger partial charge in [0.05, 0.1) is 11.4 Å². The number of hydrogen-bond acceptors (Lipinski definition) is 4. The fourth-order valence-corrected chi connectivity index (χ4v) is 3.73. The number of rotatable bonds is 5. The molecule has 0 unspecified atom stereocenters. The quantitative estimate of drug-likeness (QED) is 0.864. The van der Waals surface area contributed by atoms with Crippen LogP contribution in [0.3, 0.4) is 0 Å². The summed E-state index contributed by atoms with van der Waals surface area (Å²) < 4.78 is 26.2. The van der Waals surface area contributed by atoms with Crippen LogP contribution in [0.4, 0.5) is 5.69 Å². The highest BCUT2D eigenvalue weighted by molar-refractivity contribution is 7.89. The van der Waals surface area contributed by atoms with E-state index in [2.05, 4.69) is 5.32 Å². The van der Waals surface area contributed by atoms with E-state index in [0.29, 0.717) is 18.8 Å². The summed E-state index contributed by atoms with van der Waals surface area (Å²) in [6.45, 7) is 2.59. The largest absolute Gasteiger partial charge is 0.342 e. The first-order valence-corrected chi connectivity index (χ1v) is 9.36. The first kappa shape index (κ1) is 18.4. The van der Waals surface area contributed by atoms with Crippen molar-refractivity contribution in [3.8, 4) is 0 Å². The number of nitrogens with one attached hydrogen (secondary N) is 1. The summed E-state index contributed by atoms with van der Waals surface area (Å²) in [5.74, 6) is -0.398. The van der Waals surface area contributed by atoms with Gasteiger partial charge < -0.3 is 10.2 Å². The number of hydrogen-bond donors (Lipinski definition) is 1. The average molecular weight is 353 g/mol. The third-order valence-electron chi connectivity index (χ3n) is 3.95. The lowest BCUT2D eigenvalue weighted by atomic mass is 10.1. The van der Waals surface area contributed by atoms with Gasteiger partial charge in [0.2, 0.25) is 21.8 Å². The highest BCUT2D eigenvalue weighted by Crippen LogP contribution is 2.18. The van der Waals surface area contributed by atoms with E-state index in [-0.39, 0.29) is 23.3 Å². The molecule has 1 aliphatic heterocycles. The molecule has 0 aliphatic carbocycles. The molecule has 1 saturated heterocycles. The van der Waals surface area contributed by atoms with Crippen LogP contribution < -0.4 is 5.32 Å². The molecule has 8 heteroatoms. The Kier molecular flexibility index (Phi) is 5.95. The molecular formula is C16H23N3O4S. The number of nitrogens with zero attached hydrogens (tertiary/aromatic N) is 2. The van der Waals surface area contributed by atoms with Gasteiger partial charge in [-0.25, -0.2) is 8.42 Å². The summed E-state index contributed by atoms with van der Waals surface area (Å²) in [6, 6.07) is 5.88. The van der Waals surface area contributed by atoms with Gasteiger partial charge in [-0.05, 0) is 43.5 Å². The lowest BCUT2D eigenvalue weighted by Gasteiger charge is -2.28. The van der Waals surface area contributed by atoms with Gasteiger partial charge in [-0.2, -0.15) is 4.31 Å². The third kappa shape index (κ3) is 4.55. The Morgan fingerprint density at radius 1 is 1.12 bits per heavy atom. The second-order valence-corrected chi connectivity index (χ2v) is 7.95. The van der Waals surface area contributed by atoms with E-state index in [1.165, 1.54) is 38.2 Å². The molecule has 0 radical (unpaired) electrons. The predicted molar refractivity (Wildman–Crippen MR) is 91.0 cm³/mol. The second-order valence-electron chi connectivity index (χ2n) is 5.91. The number of likely N-dealkylation sites (N-methyl/N-ethyl adjacent to an activating group) is 1. The van der Waals surface area contributed by atoms with E-state index in [1.54, 1.807) is 4.90 Å². The molecular weight excluding hydrogens is 330 g/mol. The smallest absolute Gasteiger partial charge is 0.243 e. The van der Waals surface area contributed by atoms with Crippen LogP contribution in [-0.4, -0.2) is 56.1 Å². The Morgan fingerprint density at radius 2 is 1.71 bits per heavy atom. The molecule has 0 atom stereocenters. The molecule has 1 fully saturated rings. The number of amides is 2. The minimum absolute atomic E-state index is 0.0885. The molecule has 0 spiro atoms. The number of piperidine rings is 1. The van der Waals surface area contributed by atoms with Crippen LogP contribution in [0.5, 0.6) is 0 Å². The lowest BCUT2D eigenvalue weighted by molar-refractivity contribution is -0.132. The van der Waals surface area contributed by atoms with Crippen molar-refractivity contribution in [2.45, 2.75) is 31.1 Å². The predicted octanol–water partition coefficient (Wildman–Crippen LogP) is 1.28. The molecule has 2 amide bonds. The molecule has 1 aliphatic rings. The summed E-state index contributed by atoms with van der Waals surface area (Å²) >= 11 is 0. The van der Waals surface area contributed by atoms with Crippen LogP contribution in [0.2, 0.25) is 0 Å². The van der Waals surface area contributed by atoms with E-state index in [1.807, 2.05) is 0 Å². The highest BCUT2D eigenvalue weighted by atomic mass is 32.2. The van der Waals surface area contributed by atoms with Crippen molar-refractivity contribution >= 4 is 27.5 Å². The summed E-state index contributed by atoms with van der Waals surface area (Å²) in [7, 11) is -2.34. The zero-order valence-corrected chi connectivity index (χ0v) is 14.8. The molecule has 24 heavy (non-hydrogen) atoms. The van der Waals surface area contributed by atoms with E-state index in [4.69, 9.17) is 0 Å². The first-order chi connectivity index (χ1) is 11.3. The van der Waals surface area contributed by atoms with Crippen LogP contribution in [0.1, 0.15) is 26.2 Å². The topological polar surface area (TPSA) is 86.8 Å². The molecule has 7 nitrogen and oxygen atoms in total. The number of benzene rings is 1. The monoisotopic (exact) mass is 353 g/mol. The standard InChI is InChI=1S/C16H23N3O4S/c1-13(20)17-14-6-8-15(9-7-14)24(22,23)18(2)12-16(21)19-10-4-3-5-11-19/h6-9H,3-5,10-12H2,1-2H3,(H,17,20). The second kappa shape index (κ2) is 7.76. The van der Waals surface area contributed by atoms with E-state index in [9.17, 15) is 18.0 Å². The third-order valence-corrected chi connectivity index (χ3v) is 5.77. The van der Waals surface area contributed by atoms with Crippen molar-refractivity contribution in [2.75, 3.05) is 32.0 Å². The summed E-state index contributed by atoms with van der Waals surface area (Å²) in [4.78, 5) is 25.0. The van der Waals surface area contributed by atoms with Gasteiger partial charge in [-0.3, -0.25) is 9.59 Å². The zero-order chi connectivity index (χ0) is 17.7. The van der Waals surface area contributed by atoms with Crippen molar-refractivity contribution in [1.29, 1.82) is 0 Å². The van der Waals surface area contributed by atoms with Crippen LogP contribution in [0.25, 0.3) is 0 Å². The van der Waals surface area contributed by atoms with E-state index >= 15 is 0 Å². The van der Waals surface area contributed by atoms with Crippen molar-refractivity contribution in [3.05, 3.63) is 24.3 Å². The van der Waals surface area contributed by atoms with Gasteiger partial charge in [-0.1, -0.05) is 0 Å². The Morgan fingerprint density at radius 3 is 2.25 bits per heavy atom. The summed E-state index contributed by atoms with van der Waals surface area (Å²) in [5.41, 5.74) is 0.522. The first-order valence-electron chi connectivity index (χ1n) is 7.92. The summed E-state index contributed by atoms with van der Waals surface area (Å²) in [5, 5.41) is 2.58. The minimum Gasteiger partial charge on any atom is -0.342 e. The number of carbonyl (C=O) groups is 2. The molecule has 132 valence electrons. The zero-order valence-electron chi connectivity index (χ0n) is 14.0. The molecule has 0 bridgehead atoms. The molecule has 1 aromatic rings. The van der Waals surface area contributed by atoms with Gasteiger partial charge in [0.15, 0.2) is 0 Å². The van der Waals surface area contributed by atoms with Gasteiger partial charge in [-0.15, -0.1) is 0 Å². The fourth-order valence-electron chi connectivity index (χ4n) is 2.61. The van der Waals surface area contributed by atoms with E-state index < -0.39 is 10.0 Å². The number of sulfonamides is 1. The maximum absolute atomic E-state index is 12.6. The fraction of sp³-hybridized carbons (Fsp3) is 0.500. The van der Waals surface area contributed by atoms with Gasteiger partial charge in [0.1, 0.15) is 0 Å². The minimum atomic E-state index is -3.74. The number of anilines is 1. The molecule has 2 rings (SSSR count). The van der Waals surface area contributed by atoms with Gasteiger partial charge in [0.25, 0.3) is 0 Å². The molecule has 1 aromatic carbocycles. The van der Waals surface area contributed by atoms with Crippen LogP contribution in [0.15, 0.2) is 29.2 Å². The summed E-state index contributed by atoms with van der Waals surface area (Å²) in [6.07, 6.45) is 3.04. The van der Waals surface area contributed by atoms with Crippen molar-refractivity contribution in [2.24, 2.45) is 0 Å². The number of likely N-dealkylation sites (tertiary alicyclic amines) is 1. The van der Waals surface area contributed by atoms with Crippen molar-refractivity contribution in [1.82, 2.24) is 9.21 Å². The normalized spacial score (nSPS) is 15.4. The van der Waals surface area contributed by atoms with Crippen LogP contribution in [-0.2, 0) is 19.6 Å².